The molecule has 0 bridgehead atoms. The summed E-state index contributed by atoms with van der Waals surface area (Å²) in [4.78, 5) is 21.7. The van der Waals surface area contributed by atoms with Crippen LogP contribution in [0.2, 0.25) is 0 Å². The highest BCUT2D eigenvalue weighted by molar-refractivity contribution is 6.06. The molecule has 5 N–H and O–H groups in total. The summed E-state index contributed by atoms with van der Waals surface area (Å²) >= 11 is 0. The molecule has 0 saturated heterocycles. The Labute approximate surface area is 208 Å². The van der Waals surface area contributed by atoms with Gasteiger partial charge in [-0.2, -0.15) is 0 Å². The Morgan fingerprint density at radius 1 is 0.778 bits per heavy atom. The van der Waals surface area contributed by atoms with Crippen molar-refractivity contribution in [3.05, 3.63) is 96.7 Å². The third-order valence-corrected chi connectivity index (χ3v) is 6.11. The number of terminal acetylenes is 1. The summed E-state index contributed by atoms with van der Waals surface area (Å²) in [6, 6.07) is 20.2. The Balaban J connectivity index is 0.00000130. The Hall–Kier alpha value is -4.90. The monoisotopic (exact) mass is 469 g/mol. The van der Waals surface area contributed by atoms with Crippen molar-refractivity contribution in [3.63, 3.8) is 0 Å². The van der Waals surface area contributed by atoms with Crippen LogP contribution in [0.1, 0.15) is 11.1 Å². The standard InChI is InChI=1S/C29H19N5.H4N2/c1-3-19-6-4-7-20(16-19)26-22-10-9-18(2)25(21(22)11-14-31-26)28-23(8-5-13-30-28)27-24-12-15-32-29(24)34-17-33-27;1-2/h1,4-17H,2H3,(H,32,33,34);1-2H2. The minimum Gasteiger partial charge on any atom is -0.346 e. The van der Waals surface area contributed by atoms with Gasteiger partial charge in [0.1, 0.15) is 12.0 Å². The lowest BCUT2D eigenvalue weighted by atomic mass is 9.92. The molecule has 0 atom stereocenters. The van der Waals surface area contributed by atoms with E-state index in [1.165, 1.54) is 0 Å². The fourth-order valence-electron chi connectivity index (χ4n) is 4.55. The van der Waals surface area contributed by atoms with Gasteiger partial charge in [0.25, 0.3) is 0 Å². The van der Waals surface area contributed by atoms with E-state index < -0.39 is 0 Å². The smallest absolute Gasteiger partial charge is 0.141 e. The number of rotatable bonds is 3. The van der Waals surface area contributed by atoms with Gasteiger partial charge in [0, 0.05) is 51.6 Å². The van der Waals surface area contributed by atoms with E-state index in [0.717, 1.165) is 66.7 Å². The first-order valence-electron chi connectivity index (χ1n) is 11.3. The second-order valence-corrected chi connectivity index (χ2v) is 8.10. The van der Waals surface area contributed by atoms with Crippen molar-refractivity contribution in [2.45, 2.75) is 6.92 Å². The highest BCUT2D eigenvalue weighted by Crippen LogP contribution is 2.39. The molecule has 0 fully saturated rings. The van der Waals surface area contributed by atoms with Gasteiger partial charge in [0.05, 0.1) is 17.1 Å². The maximum Gasteiger partial charge on any atom is 0.141 e. The summed E-state index contributed by atoms with van der Waals surface area (Å²) in [5, 5.41) is 3.09. The van der Waals surface area contributed by atoms with E-state index in [-0.39, 0.29) is 0 Å². The number of benzene rings is 2. The molecule has 0 aliphatic rings. The molecule has 0 saturated carbocycles. The van der Waals surface area contributed by atoms with Crippen molar-refractivity contribution in [3.8, 4) is 46.1 Å². The van der Waals surface area contributed by atoms with Crippen molar-refractivity contribution in [2.75, 3.05) is 0 Å². The molecule has 36 heavy (non-hydrogen) atoms. The van der Waals surface area contributed by atoms with Crippen LogP contribution < -0.4 is 11.7 Å². The third-order valence-electron chi connectivity index (χ3n) is 6.11. The fraction of sp³-hybridized carbons (Fsp3) is 0.0345. The Bertz CT molecular complexity index is 1740. The molecule has 6 aromatic rings. The van der Waals surface area contributed by atoms with Crippen molar-refractivity contribution in [1.29, 1.82) is 0 Å². The van der Waals surface area contributed by atoms with Gasteiger partial charge in [0.15, 0.2) is 0 Å². The van der Waals surface area contributed by atoms with Crippen LogP contribution in [0.25, 0.3) is 55.6 Å². The molecular weight excluding hydrogens is 446 g/mol. The van der Waals surface area contributed by atoms with Gasteiger partial charge in [-0.15, -0.1) is 6.42 Å². The Kier molecular flexibility index (Phi) is 6.20. The minimum absolute atomic E-state index is 0.800. The fourth-order valence-corrected chi connectivity index (χ4v) is 4.55. The molecule has 7 heteroatoms. The quantitative estimate of drug-likeness (QED) is 0.190. The number of hydrazine groups is 1. The van der Waals surface area contributed by atoms with Gasteiger partial charge in [-0.25, -0.2) is 9.97 Å². The molecule has 0 amide bonds. The summed E-state index contributed by atoms with van der Waals surface area (Å²) < 4.78 is 0. The van der Waals surface area contributed by atoms with E-state index in [1.54, 1.807) is 6.33 Å². The molecule has 2 aromatic carbocycles. The molecule has 174 valence electrons. The summed E-state index contributed by atoms with van der Waals surface area (Å²) in [7, 11) is 0. The third kappa shape index (κ3) is 3.87. The van der Waals surface area contributed by atoms with Gasteiger partial charge < -0.3 is 4.98 Å². The molecule has 0 aliphatic heterocycles. The predicted molar refractivity (Wildman–Crippen MR) is 144 cm³/mol. The van der Waals surface area contributed by atoms with Gasteiger partial charge in [-0.05, 0) is 54.3 Å². The molecule has 7 nitrogen and oxygen atoms in total. The van der Waals surface area contributed by atoms with Crippen LogP contribution in [0.5, 0.6) is 0 Å². The van der Waals surface area contributed by atoms with Gasteiger partial charge >= 0.3 is 0 Å². The average molecular weight is 470 g/mol. The normalized spacial score (nSPS) is 10.6. The number of hydrogen-bond acceptors (Lipinski definition) is 6. The van der Waals surface area contributed by atoms with E-state index in [2.05, 4.69) is 63.7 Å². The summed E-state index contributed by atoms with van der Waals surface area (Å²) in [6.45, 7) is 2.11. The number of pyridine rings is 2. The van der Waals surface area contributed by atoms with Crippen LogP contribution in [0.15, 0.2) is 85.6 Å². The second-order valence-electron chi connectivity index (χ2n) is 8.10. The number of nitrogens with one attached hydrogen (secondary N) is 1. The number of H-pyrrole nitrogens is 1. The van der Waals surface area contributed by atoms with Crippen LogP contribution in [0.3, 0.4) is 0 Å². The van der Waals surface area contributed by atoms with Gasteiger partial charge in [-0.1, -0.05) is 30.2 Å². The zero-order valence-electron chi connectivity index (χ0n) is 19.6. The lowest BCUT2D eigenvalue weighted by Crippen LogP contribution is -2.02. The first-order valence-corrected chi connectivity index (χ1v) is 11.3. The highest BCUT2D eigenvalue weighted by atomic mass is 15.0. The van der Waals surface area contributed by atoms with Crippen LogP contribution >= 0.6 is 0 Å². The zero-order chi connectivity index (χ0) is 25.1. The van der Waals surface area contributed by atoms with E-state index >= 15 is 0 Å². The summed E-state index contributed by atoms with van der Waals surface area (Å²) in [5.74, 6) is 10.7. The first-order chi connectivity index (χ1) is 17.7. The minimum atomic E-state index is 0.800. The number of aryl methyl sites for hydroxylation is 1. The molecule has 0 aliphatic carbocycles. The number of nitrogens with two attached hydrogens (primary N) is 2. The van der Waals surface area contributed by atoms with E-state index in [1.807, 2.05) is 55.0 Å². The summed E-state index contributed by atoms with van der Waals surface area (Å²) in [6.07, 6.45) is 12.8. The topological polar surface area (TPSA) is 119 Å². The van der Waals surface area contributed by atoms with Crippen molar-refractivity contribution >= 4 is 21.8 Å². The molecule has 0 radical (unpaired) electrons. The first kappa shape index (κ1) is 22.9. The van der Waals surface area contributed by atoms with Crippen molar-refractivity contribution in [2.24, 2.45) is 11.7 Å². The van der Waals surface area contributed by atoms with Crippen LogP contribution in [0.4, 0.5) is 0 Å². The molecular formula is C29H23N7. The van der Waals surface area contributed by atoms with Crippen LogP contribution in [-0.2, 0) is 0 Å². The van der Waals surface area contributed by atoms with Crippen LogP contribution in [0, 0.1) is 19.3 Å². The zero-order valence-corrected chi connectivity index (χ0v) is 19.6. The molecule has 0 spiro atoms. The van der Waals surface area contributed by atoms with Gasteiger partial charge in [-0.3, -0.25) is 21.7 Å². The maximum absolute atomic E-state index is 5.64. The second kappa shape index (κ2) is 9.76. The number of aromatic amines is 1. The SMILES string of the molecule is C#Cc1cccc(-c2nccc3c(-c4ncccc4-c4ncnc5[nH]ccc45)c(C)ccc23)c1.NN. The number of fused-ring (bicyclic) bond motifs is 2. The number of nitrogens with zero attached hydrogens (tertiary/aromatic N) is 4. The van der Waals surface area contributed by atoms with E-state index in [0.29, 0.717) is 0 Å². The lowest BCUT2D eigenvalue weighted by Gasteiger charge is -2.15. The predicted octanol–water partition coefficient (Wildman–Crippen LogP) is 5.01. The van der Waals surface area contributed by atoms with Gasteiger partial charge in [0.2, 0.25) is 0 Å². The largest absolute Gasteiger partial charge is 0.346 e. The average Bonchev–Trinajstić information content (AvgIpc) is 3.43. The number of hydrogen-bond donors (Lipinski definition) is 3. The Morgan fingerprint density at radius 2 is 1.64 bits per heavy atom. The molecule has 4 aromatic heterocycles. The molecule has 4 heterocycles. The van der Waals surface area contributed by atoms with E-state index in [9.17, 15) is 0 Å². The molecule has 6 rings (SSSR count). The van der Waals surface area contributed by atoms with Crippen LogP contribution in [-0.4, -0.2) is 24.9 Å². The Morgan fingerprint density at radius 3 is 2.50 bits per heavy atom. The number of aromatic nitrogens is 5. The molecule has 0 unspecified atom stereocenters. The highest BCUT2D eigenvalue weighted by Gasteiger charge is 2.18. The van der Waals surface area contributed by atoms with E-state index in [4.69, 9.17) is 16.4 Å². The lowest BCUT2D eigenvalue weighted by molar-refractivity contribution is 1.20. The summed E-state index contributed by atoms with van der Waals surface area (Å²) in [5.41, 5.74) is 8.38. The van der Waals surface area contributed by atoms with Crippen molar-refractivity contribution < 1.29 is 0 Å². The maximum atomic E-state index is 5.64. The van der Waals surface area contributed by atoms with Crippen molar-refractivity contribution in [1.82, 2.24) is 24.9 Å².